The highest BCUT2D eigenvalue weighted by Crippen LogP contribution is 2.69. The summed E-state index contributed by atoms with van der Waals surface area (Å²) in [6.45, 7) is 17.5. The molecular formula is C37H56O3. The molecule has 40 heavy (non-hydrogen) atoms. The number of benzene rings is 1. The van der Waals surface area contributed by atoms with Crippen molar-refractivity contribution in [3.8, 4) is 0 Å². The fourth-order valence-corrected chi connectivity index (χ4v) is 10.9. The van der Waals surface area contributed by atoms with Crippen LogP contribution in [0.25, 0.3) is 5.57 Å². The van der Waals surface area contributed by atoms with Crippen LogP contribution in [0.2, 0.25) is 0 Å². The Morgan fingerprint density at radius 3 is 2.40 bits per heavy atom. The van der Waals surface area contributed by atoms with E-state index < -0.39 is 5.79 Å². The molecule has 0 N–H and O–H groups in total. The largest absolute Gasteiger partial charge is 0.344 e. The van der Waals surface area contributed by atoms with Gasteiger partial charge in [0.1, 0.15) is 6.10 Å². The molecule has 0 bridgehead atoms. The zero-order valence-electron chi connectivity index (χ0n) is 26.1. The van der Waals surface area contributed by atoms with Gasteiger partial charge in [0.15, 0.2) is 0 Å². The molecule has 1 aromatic carbocycles. The summed E-state index contributed by atoms with van der Waals surface area (Å²) in [5.41, 5.74) is 3.00. The van der Waals surface area contributed by atoms with E-state index in [2.05, 4.69) is 53.3 Å². The normalized spacial score (nSPS) is 43.6. The van der Waals surface area contributed by atoms with Crippen LogP contribution in [0, 0.1) is 52.3 Å². The van der Waals surface area contributed by atoms with Crippen molar-refractivity contribution in [1.82, 2.24) is 0 Å². The molecule has 10 atom stereocenters. The summed E-state index contributed by atoms with van der Waals surface area (Å²) >= 11 is 0. The van der Waals surface area contributed by atoms with Crippen LogP contribution in [0.5, 0.6) is 0 Å². The summed E-state index contributed by atoms with van der Waals surface area (Å²) in [5.74, 6) is 5.48. The van der Waals surface area contributed by atoms with Crippen LogP contribution in [-0.4, -0.2) is 18.5 Å². The minimum atomic E-state index is -0.572. The first kappa shape index (κ1) is 28.9. The molecule has 6 rings (SSSR count). The Balaban J connectivity index is 1.08. The molecule has 4 unspecified atom stereocenters. The van der Waals surface area contributed by atoms with Gasteiger partial charge in [-0.05, 0) is 108 Å². The van der Waals surface area contributed by atoms with Crippen LogP contribution >= 0.6 is 0 Å². The first-order valence-corrected chi connectivity index (χ1v) is 16.9. The predicted molar refractivity (Wildman–Crippen MR) is 163 cm³/mol. The summed E-state index contributed by atoms with van der Waals surface area (Å²) in [6.07, 6.45) is 15.7. The minimum Gasteiger partial charge on any atom is -0.344 e. The molecule has 1 heterocycles. The summed E-state index contributed by atoms with van der Waals surface area (Å²) in [7, 11) is 0. The number of fused-ring (bicyclic) bond motifs is 5. The number of hydrogen-bond donors (Lipinski definition) is 0. The molecule has 222 valence electrons. The van der Waals surface area contributed by atoms with E-state index in [0.29, 0.717) is 23.4 Å². The van der Waals surface area contributed by atoms with Crippen LogP contribution in [-0.2, 0) is 14.5 Å². The highest BCUT2D eigenvalue weighted by atomic mass is 17.2. The Morgan fingerprint density at radius 1 is 0.900 bits per heavy atom. The molecule has 5 aliphatic rings. The lowest BCUT2D eigenvalue weighted by Gasteiger charge is -2.62. The van der Waals surface area contributed by atoms with E-state index in [-0.39, 0.29) is 6.10 Å². The summed E-state index contributed by atoms with van der Waals surface area (Å²) < 4.78 is 6.56. The number of rotatable bonds is 7. The average Bonchev–Trinajstić information content (AvgIpc) is 3.31. The van der Waals surface area contributed by atoms with Crippen LogP contribution in [0.3, 0.4) is 0 Å². The van der Waals surface area contributed by atoms with Crippen molar-refractivity contribution in [2.75, 3.05) is 6.61 Å². The fraction of sp³-hybridized carbons (Fsp3) is 0.784. The maximum atomic E-state index is 6.56. The molecule has 3 heteroatoms. The highest BCUT2D eigenvalue weighted by molar-refractivity contribution is 5.66. The Bertz CT molecular complexity index is 1030. The molecule has 5 fully saturated rings. The third-order valence-corrected chi connectivity index (χ3v) is 13.2. The monoisotopic (exact) mass is 548 g/mol. The molecule has 1 spiro atoms. The lowest BCUT2D eigenvalue weighted by molar-refractivity contribution is -0.489. The standard InChI is InChI=1S/C37H56O3/c1-25(2)11-10-12-26(3)31-17-18-32-30-16-15-29-23-37(22-21-35(29,5)33(30)19-20-36(31,32)6)38-24-34(39-40-37)27(4)28-13-8-7-9-14-28/h7-9,13-14,25-26,29-34H,4,10-12,15-24H2,1-3,5-6H3/t26-,29?,30+,31?,32+,33+,34?,35+,36-,37?/m1/s1. The molecule has 1 aliphatic heterocycles. The van der Waals surface area contributed by atoms with Crippen molar-refractivity contribution < 1.29 is 14.5 Å². The first-order chi connectivity index (χ1) is 19.2. The van der Waals surface area contributed by atoms with Gasteiger partial charge in [0.2, 0.25) is 5.79 Å². The lowest BCUT2D eigenvalue weighted by atomic mass is 9.44. The van der Waals surface area contributed by atoms with E-state index in [1.165, 1.54) is 64.2 Å². The second-order valence-electron chi connectivity index (χ2n) is 15.7. The van der Waals surface area contributed by atoms with Crippen molar-refractivity contribution in [3.63, 3.8) is 0 Å². The number of ether oxygens (including phenoxy) is 1. The molecule has 3 nitrogen and oxygen atoms in total. The summed E-state index contributed by atoms with van der Waals surface area (Å²) in [5, 5.41) is 0. The second kappa shape index (κ2) is 11.2. The van der Waals surface area contributed by atoms with Crippen LogP contribution in [0.1, 0.15) is 117 Å². The van der Waals surface area contributed by atoms with Gasteiger partial charge in [-0.15, -0.1) is 0 Å². The van der Waals surface area contributed by atoms with Gasteiger partial charge in [-0.25, -0.2) is 9.78 Å². The first-order valence-electron chi connectivity index (χ1n) is 16.9. The zero-order valence-corrected chi connectivity index (χ0v) is 26.1. The van der Waals surface area contributed by atoms with Gasteiger partial charge < -0.3 is 4.74 Å². The highest BCUT2D eigenvalue weighted by Gasteiger charge is 2.62. The SMILES string of the molecule is C=C(c1ccccc1)C1COC2(CC[C@@]3(C)C(CC[C@@H]4[C@@H]3CC[C@]3(C)C([C@H](C)CCCC(C)C)CC[C@@H]43)C2)OO1. The van der Waals surface area contributed by atoms with Gasteiger partial charge in [0.05, 0.1) is 6.61 Å². The average molecular weight is 549 g/mol. The van der Waals surface area contributed by atoms with Crippen molar-refractivity contribution in [3.05, 3.63) is 42.5 Å². The van der Waals surface area contributed by atoms with E-state index in [0.717, 1.165) is 59.5 Å². The predicted octanol–water partition coefficient (Wildman–Crippen LogP) is 9.86. The molecule has 0 aromatic heterocycles. The van der Waals surface area contributed by atoms with Crippen molar-refractivity contribution in [2.45, 2.75) is 124 Å². The van der Waals surface area contributed by atoms with E-state index in [1.807, 2.05) is 18.2 Å². The zero-order chi connectivity index (χ0) is 28.1. The van der Waals surface area contributed by atoms with Crippen molar-refractivity contribution in [1.29, 1.82) is 0 Å². The summed E-state index contributed by atoms with van der Waals surface area (Å²) in [4.78, 5) is 12.2. The second-order valence-corrected chi connectivity index (χ2v) is 15.7. The topological polar surface area (TPSA) is 27.7 Å². The Hall–Kier alpha value is -1.16. The van der Waals surface area contributed by atoms with Gasteiger partial charge >= 0.3 is 0 Å². The van der Waals surface area contributed by atoms with Crippen molar-refractivity contribution in [2.24, 2.45) is 52.3 Å². The van der Waals surface area contributed by atoms with E-state index in [1.54, 1.807) is 0 Å². The molecule has 1 saturated heterocycles. The third-order valence-electron chi connectivity index (χ3n) is 13.2. The smallest absolute Gasteiger partial charge is 0.202 e. The fourth-order valence-electron chi connectivity index (χ4n) is 10.9. The van der Waals surface area contributed by atoms with E-state index in [4.69, 9.17) is 14.5 Å². The third kappa shape index (κ3) is 5.05. The summed E-state index contributed by atoms with van der Waals surface area (Å²) in [6, 6.07) is 10.3. The Morgan fingerprint density at radius 2 is 1.68 bits per heavy atom. The maximum Gasteiger partial charge on any atom is 0.202 e. The van der Waals surface area contributed by atoms with Crippen LogP contribution in [0.4, 0.5) is 0 Å². The molecule has 0 radical (unpaired) electrons. The molecule has 4 aliphatic carbocycles. The molecule has 4 saturated carbocycles. The van der Waals surface area contributed by atoms with Crippen LogP contribution in [0.15, 0.2) is 36.9 Å². The quantitative estimate of drug-likeness (QED) is 0.317. The van der Waals surface area contributed by atoms with E-state index in [9.17, 15) is 0 Å². The van der Waals surface area contributed by atoms with E-state index >= 15 is 0 Å². The Labute approximate surface area is 244 Å². The van der Waals surface area contributed by atoms with Gasteiger partial charge in [-0.2, -0.15) is 0 Å². The molecular weight excluding hydrogens is 492 g/mol. The maximum absolute atomic E-state index is 6.56. The number of hydrogen-bond acceptors (Lipinski definition) is 3. The minimum absolute atomic E-state index is 0.240. The van der Waals surface area contributed by atoms with Gasteiger partial charge in [-0.3, -0.25) is 0 Å². The van der Waals surface area contributed by atoms with Gasteiger partial charge in [0, 0.05) is 12.8 Å². The van der Waals surface area contributed by atoms with Crippen molar-refractivity contribution >= 4 is 5.57 Å². The van der Waals surface area contributed by atoms with Gasteiger partial charge in [0.25, 0.3) is 0 Å². The molecule has 1 aromatic rings. The lowest BCUT2D eigenvalue weighted by Crippen LogP contribution is -2.58. The molecule has 0 amide bonds. The van der Waals surface area contributed by atoms with Crippen LogP contribution < -0.4 is 0 Å². The Kier molecular flexibility index (Phi) is 8.07. The van der Waals surface area contributed by atoms with Gasteiger partial charge in [-0.1, -0.05) is 90.8 Å².